The monoisotopic (exact) mass is 293 g/mol. The summed E-state index contributed by atoms with van der Waals surface area (Å²) in [6.45, 7) is 0.314. The molecule has 1 aromatic rings. The van der Waals surface area contributed by atoms with Gasteiger partial charge in [0.15, 0.2) is 0 Å². The summed E-state index contributed by atoms with van der Waals surface area (Å²) in [6, 6.07) is 2.37. The van der Waals surface area contributed by atoms with Gasteiger partial charge in [-0.1, -0.05) is 6.07 Å². The molecule has 1 aromatic carbocycles. The summed E-state index contributed by atoms with van der Waals surface area (Å²) in [5.74, 6) is -1.20. The SMILES string of the molecule is NCc1cc(F)c2c(c1)C(O)N(C1CCC(=O)NC1=O)C2. The molecule has 2 amide bonds. The van der Waals surface area contributed by atoms with Crippen molar-refractivity contribution in [1.29, 1.82) is 0 Å². The molecule has 112 valence electrons. The fraction of sp³-hybridized carbons (Fsp3) is 0.429. The second-order valence-electron chi connectivity index (χ2n) is 5.36. The minimum Gasteiger partial charge on any atom is -0.374 e. The van der Waals surface area contributed by atoms with Crippen LogP contribution in [-0.2, 0) is 22.7 Å². The second kappa shape index (κ2) is 5.18. The van der Waals surface area contributed by atoms with Crippen LogP contribution in [0.1, 0.15) is 35.8 Å². The van der Waals surface area contributed by atoms with E-state index < -0.39 is 24.0 Å². The summed E-state index contributed by atoms with van der Waals surface area (Å²) in [4.78, 5) is 24.6. The van der Waals surface area contributed by atoms with Gasteiger partial charge in [-0.25, -0.2) is 4.39 Å². The molecule has 0 aliphatic carbocycles. The number of nitrogens with two attached hydrogens (primary N) is 1. The van der Waals surface area contributed by atoms with E-state index in [2.05, 4.69) is 5.32 Å². The maximum absolute atomic E-state index is 14.1. The van der Waals surface area contributed by atoms with Gasteiger partial charge in [-0.05, 0) is 18.1 Å². The van der Waals surface area contributed by atoms with E-state index in [1.54, 1.807) is 6.07 Å². The molecule has 3 rings (SSSR count). The number of benzene rings is 1. The first-order chi connectivity index (χ1) is 10.0. The number of piperidine rings is 1. The zero-order valence-electron chi connectivity index (χ0n) is 11.3. The Balaban J connectivity index is 1.90. The number of carbonyl (C=O) groups excluding carboxylic acids is 2. The molecule has 1 fully saturated rings. The van der Waals surface area contributed by atoms with Crippen LogP contribution in [0.5, 0.6) is 0 Å². The van der Waals surface area contributed by atoms with Gasteiger partial charge in [0.1, 0.15) is 12.0 Å². The largest absolute Gasteiger partial charge is 0.374 e. The molecule has 6 nitrogen and oxygen atoms in total. The number of aliphatic hydroxyl groups excluding tert-OH is 1. The first kappa shape index (κ1) is 14.1. The van der Waals surface area contributed by atoms with E-state index in [0.717, 1.165) is 0 Å². The van der Waals surface area contributed by atoms with E-state index >= 15 is 0 Å². The van der Waals surface area contributed by atoms with E-state index in [9.17, 15) is 19.1 Å². The first-order valence-corrected chi connectivity index (χ1v) is 6.80. The van der Waals surface area contributed by atoms with Gasteiger partial charge in [-0.2, -0.15) is 0 Å². The number of hydrogen-bond acceptors (Lipinski definition) is 5. The van der Waals surface area contributed by atoms with Gasteiger partial charge in [-0.3, -0.25) is 19.8 Å². The number of fused-ring (bicyclic) bond motifs is 1. The Kier molecular flexibility index (Phi) is 3.48. The third-order valence-electron chi connectivity index (χ3n) is 4.07. The van der Waals surface area contributed by atoms with Crippen molar-refractivity contribution in [2.75, 3.05) is 0 Å². The standard InChI is InChI=1S/C14H16FN3O3/c15-10-4-7(5-16)3-8-9(10)6-18(14(8)21)11-1-2-12(19)17-13(11)20/h3-4,11,14,21H,1-2,5-6,16H2,(H,17,19,20). The molecule has 2 aliphatic rings. The number of nitrogens with one attached hydrogen (secondary N) is 1. The van der Waals surface area contributed by atoms with Crippen LogP contribution in [-0.4, -0.2) is 27.9 Å². The van der Waals surface area contributed by atoms with Crippen LogP contribution >= 0.6 is 0 Å². The lowest BCUT2D eigenvalue weighted by molar-refractivity contribution is -0.141. The number of amides is 2. The van der Waals surface area contributed by atoms with Crippen molar-refractivity contribution < 1.29 is 19.1 Å². The third-order valence-corrected chi connectivity index (χ3v) is 4.07. The summed E-state index contributed by atoms with van der Waals surface area (Å²) in [5.41, 5.74) is 6.93. The van der Waals surface area contributed by atoms with E-state index in [-0.39, 0.29) is 25.4 Å². The fourth-order valence-corrected chi connectivity index (χ4v) is 2.96. The molecule has 21 heavy (non-hydrogen) atoms. The number of halogens is 1. The van der Waals surface area contributed by atoms with E-state index in [1.165, 1.54) is 11.0 Å². The van der Waals surface area contributed by atoms with Gasteiger partial charge >= 0.3 is 0 Å². The number of rotatable bonds is 2. The number of hydrogen-bond donors (Lipinski definition) is 3. The molecule has 7 heteroatoms. The predicted molar refractivity (Wildman–Crippen MR) is 71.0 cm³/mol. The molecule has 1 saturated heterocycles. The quantitative estimate of drug-likeness (QED) is 0.662. The molecule has 0 saturated carbocycles. The smallest absolute Gasteiger partial charge is 0.244 e. The first-order valence-electron chi connectivity index (χ1n) is 6.80. The van der Waals surface area contributed by atoms with E-state index in [0.29, 0.717) is 23.1 Å². The van der Waals surface area contributed by atoms with Gasteiger partial charge in [-0.15, -0.1) is 0 Å². The number of nitrogens with zero attached hydrogens (tertiary/aromatic N) is 1. The van der Waals surface area contributed by atoms with Crippen molar-refractivity contribution in [1.82, 2.24) is 10.2 Å². The van der Waals surface area contributed by atoms with Crippen molar-refractivity contribution >= 4 is 11.8 Å². The maximum Gasteiger partial charge on any atom is 0.244 e. The third kappa shape index (κ3) is 2.33. The highest BCUT2D eigenvalue weighted by molar-refractivity contribution is 6.00. The van der Waals surface area contributed by atoms with Crippen molar-refractivity contribution in [3.8, 4) is 0 Å². The van der Waals surface area contributed by atoms with Crippen LogP contribution in [0.4, 0.5) is 4.39 Å². The molecule has 2 heterocycles. The zero-order chi connectivity index (χ0) is 15.1. The summed E-state index contributed by atoms with van der Waals surface area (Å²) in [7, 11) is 0. The molecule has 0 bridgehead atoms. The molecule has 2 aliphatic heterocycles. The summed E-state index contributed by atoms with van der Waals surface area (Å²) >= 11 is 0. The highest BCUT2D eigenvalue weighted by Crippen LogP contribution is 2.37. The predicted octanol–water partition coefficient (Wildman–Crippen LogP) is -0.104. The molecule has 0 spiro atoms. The Labute approximate surface area is 120 Å². The zero-order valence-corrected chi connectivity index (χ0v) is 11.3. The van der Waals surface area contributed by atoms with Gasteiger partial charge < -0.3 is 10.8 Å². The van der Waals surface area contributed by atoms with Crippen LogP contribution < -0.4 is 11.1 Å². The highest BCUT2D eigenvalue weighted by atomic mass is 19.1. The van der Waals surface area contributed by atoms with Crippen LogP contribution in [0.3, 0.4) is 0 Å². The van der Waals surface area contributed by atoms with Gasteiger partial charge in [0.25, 0.3) is 0 Å². The Bertz CT molecular complexity index is 620. The van der Waals surface area contributed by atoms with E-state index in [4.69, 9.17) is 5.73 Å². The Hall–Kier alpha value is -1.83. The Morgan fingerprint density at radius 3 is 2.86 bits per heavy atom. The van der Waals surface area contributed by atoms with Crippen LogP contribution in [0.25, 0.3) is 0 Å². The molecule has 0 aromatic heterocycles. The van der Waals surface area contributed by atoms with Crippen molar-refractivity contribution in [2.24, 2.45) is 5.73 Å². The minimum absolute atomic E-state index is 0.138. The van der Waals surface area contributed by atoms with Gasteiger partial charge in [0.2, 0.25) is 11.8 Å². The van der Waals surface area contributed by atoms with Gasteiger partial charge in [0.05, 0.1) is 6.04 Å². The molecule has 0 radical (unpaired) electrons. The average Bonchev–Trinajstić information content (AvgIpc) is 2.77. The van der Waals surface area contributed by atoms with Crippen molar-refractivity contribution in [3.63, 3.8) is 0 Å². The Morgan fingerprint density at radius 2 is 2.19 bits per heavy atom. The lowest BCUT2D eigenvalue weighted by Crippen LogP contribution is -2.51. The summed E-state index contributed by atoms with van der Waals surface area (Å²) in [5, 5.41) is 12.6. The highest BCUT2D eigenvalue weighted by Gasteiger charge is 2.40. The molecular formula is C14H16FN3O3. The average molecular weight is 293 g/mol. The van der Waals surface area contributed by atoms with Gasteiger partial charge in [0, 0.05) is 30.6 Å². The number of carbonyl (C=O) groups is 2. The number of imide groups is 1. The Morgan fingerprint density at radius 1 is 1.43 bits per heavy atom. The van der Waals surface area contributed by atoms with Crippen molar-refractivity contribution in [2.45, 2.75) is 38.2 Å². The van der Waals surface area contributed by atoms with E-state index in [1.807, 2.05) is 0 Å². The van der Waals surface area contributed by atoms with Crippen molar-refractivity contribution in [3.05, 3.63) is 34.6 Å². The second-order valence-corrected chi connectivity index (χ2v) is 5.36. The lowest BCUT2D eigenvalue weighted by Gasteiger charge is -2.31. The van der Waals surface area contributed by atoms with Crippen LogP contribution in [0.2, 0.25) is 0 Å². The van der Waals surface area contributed by atoms with Crippen LogP contribution in [0, 0.1) is 5.82 Å². The summed E-state index contributed by atoms with van der Waals surface area (Å²) < 4.78 is 14.1. The topological polar surface area (TPSA) is 95.7 Å². The fourth-order valence-electron chi connectivity index (χ4n) is 2.96. The summed E-state index contributed by atoms with van der Waals surface area (Å²) in [6.07, 6.45) is -0.530. The normalized spacial score (nSPS) is 25.9. The maximum atomic E-state index is 14.1. The molecule has 2 unspecified atom stereocenters. The lowest BCUT2D eigenvalue weighted by atomic mass is 10.0. The molecular weight excluding hydrogens is 277 g/mol. The van der Waals surface area contributed by atoms with Crippen LogP contribution in [0.15, 0.2) is 12.1 Å². The minimum atomic E-state index is -1.06. The molecule has 2 atom stereocenters. The number of aliphatic hydroxyl groups is 1. The molecule has 4 N–H and O–H groups in total.